The van der Waals surface area contributed by atoms with E-state index in [2.05, 4.69) is 4.98 Å². The van der Waals surface area contributed by atoms with Crippen LogP contribution in [0.1, 0.15) is 5.56 Å². The number of hydrogen-bond donors (Lipinski definition) is 1. The smallest absolute Gasteiger partial charge is 0.278 e. The summed E-state index contributed by atoms with van der Waals surface area (Å²) in [5.41, 5.74) is 7.51. The molecule has 0 radical (unpaired) electrons. The molecule has 0 aliphatic carbocycles. The minimum absolute atomic E-state index is 0.0194. The zero-order valence-corrected chi connectivity index (χ0v) is 18.4. The summed E-state index contributed by atoms with van der Waals surface area (Å²) in [7, 11) is -2.50. The van der Waals surface area contributed by atoms with E-state index >= 15 is 0 Å². The average Bonchev–Trinajstić information content (AvgIpc) is 2.74. The highest BCUT2D eigenvalue weighted by atomic mass is 35.5. The molecule has 0 bridgehead atoms. The van der Waals surface area contributed by atoms with Gasteiger partial charge in [-0.2, -0.15) is 0 Å². The second kappa shape index (κ2) is 7.92. The number of anilines is 1. The Morgan fingerprint density at radius 2 is 1.94 bits per heavy atom. The number of pyridine rings is 2. The lowest BCUT2D eigenvalue weighted by Gasteiger charge is -2.13. The highest BCUT2D eigenvalue weighted by Crippen LogP contribution is 2.27. The highest BCUT2D eigenvalue weighted by Gasteiger charge is 2.29. The van der Waals surface area contributed by atoms with Gasteiger partial charge >= 0.3 is 0 Å². The lowest BCUT2D eigenvalue weighted by Crippen LogP contribution is -2.43. The van der Waals surface area contributed by atoms with Gasteiger partial charge in [0.05, 0.1) is 18.0 Å². The summed E-state index contributed by atoms with van der Waals surface area (Å²) in [6, 6.07) is 10.6. The number of aromatic nitrogens is 3. The summed E-state index contributed by atoms with van der Waals surface area (Å²) in [4.78, 5) is 17.7. The molecule has 0 aliphatic rings. The van der Waals surface area contributed by atoms with Gasteiger partial charge in [0.2, 0.25) is 21.3 Å². The molecule has 2 N–H and O–H groups in total. The minimum Gasteiger partial charge on any atom is -0.381 e. The van der Waals surface area contributed by atoms with Crippen molar-refractivity contribution in [1.29, 1.82) is 0 Å². The lowest BCUT2D eigenvalue weighted by molar-refractivity contribution is -0.662. The van der Waals surface area contributed by atoms with Gasteiger partial charge in [-0.1, -0.05) is 22.7 Å². The van der Waals surface area contributed by atoms with Crippen LogP contribution in [0.2, 0.25) is 5.02 Å². The average molecular weight is 460 g/mol. The van der Waals surface area contributed by atoms with Gasteiger partial charge < -0.3 is 10.5 Å². The van der Waals surface area contributed by atoms with Crippen molar-refractivity contribution >= 4 is 43.9 Å². The third-order valence-corrected chi connectivity index (χ3v) is 7.12. The summed E-state index contributed by atoms with van der Waals surface area (Å²) in [6.45, 7) is 2.32. The number of benzene rings is 1. The Labute approximate surface area is 183 Å². The van der Waals surface area contributed by atoms with E-state index in [0.29, 0.717) is 16.3 Å². The van der Waals surface area contributed by atoms with E-state index in [1.807, 2.05) is 13.0 Å². The van der Waals surface area contributed by atoms with Crippen LogP contribution in [-0.2, 0) is 21.1 Å². The van der Waals surface area contributed by atoms with Crippen LogP contribution in [0.4, 0.5) is 5.82 Å². The Bertz CT molecular complexity index is 1480. The molecule has 0 fully saturated rings. The summed E-state index contributed by atoms with van der Waals surface area (Å²) in [6.07, 6.45) is 1.60. The first-order chi connectivity index (χ1) is 14.8. The van der Waals surface area contributed by atoms with Crippen molar-refractivity contribution < 1.29 is 17.7 Å². The zero-order valence-electron chi connectivity index (χ0n) is 16.9. The first kappa shape index (κ1) is 21.2. The molecular formula is C21H20ClN4O4S+. The monoisotopic (exact) mass is 459 g/mol. The van der Waals surface area contributed by atoms with E-state index in [-0.39, 0.29) is 39.7 Å². The number of nitrogens with zero attached hydrogens (tertiary/aromatic N) is 3. The van der Waals surface area contributed by atoms with Crippen molar-refractivity contribution in [2.45, 2.75) is 23.3 Å². The van der Waals surface area contributed by atoms with Gasteiger partial charge in [-0.25, -0.2) is 13.0 Å². The minimum atomic E-state index is -4.02. The molecule has 0 saturated heterocycles. The standard InChI is InChI=1S/C21H19ClN4O4S/c1-13-4-3-9-26-19(13)24-20-16(21(26)27)12-17(18(23)25(20)10-11-30-2)31(28,29)15-7-5-14(22)6-8-15/h3-9,12,23H,10-11H2,1-2H3/p+1. The SMILES string of the molecule is COCC[n+]1c(N)c(S(=O)(=O)c2ccc(Cl)cc2)cc2c(=O)n3cccc(C)c3nc21. The van der Waals surface area contributed by atoms with Crippen molar-refractivity contribution in [1.82, 2.24) is 9.38 Å². The molecule has 0 amide bonds. The summed E-state index contributed by atoms with van der Waals surface area (Å²) < 4.78 is 34.8. The Hall–Kier alpha value is -3.01. The molecule has 0 unspecified atom stereocenters. The van der Waals surface area contributed by atoms with Crippen molar-refractivity contribution in [3.63, 3.8) is 0 Å². The number of rotatable bonds is 5. The van der Waals surface area contributed by atoms with Crippen molar-refractivity contribution in [3.8, 4) is 0 Å². The number of nitrogen functional groups attached to an aromatic ring is 1. The van der Waals surface area contributed by atoms with Gasteiger partial charge in [0.15, 0.2) is 0 Å². The Morgan fingerprint density at radius 1 is 1.23 bits per heavy atom. The van der Waals surface area contributed by atoms with E-state index in [9.17, 15) is 13.2 Å². The summed E-state index contributed by atoms with van der Waals surface area (Å²) >= 11 is 5.90. The molecule has 0 saturated carbocycles. The molecular weight excluding hydrogens is 440 g/mol. The third kappa shape index (κ3) is 3.54. The Balaban J connectivity index is 2.11. The fourth-order valence-electron chi connectivity index (χ4n) is 3.45. The van der Waals surface area contributed by atoms with Crippen LogP contribution < -0.4 is 15.9 Å². The zero-order chi connectivity index (χ0) is 22.3. The Morgan fingerprint density at radius 3 is 2.61 bits per heavy atom. The quantitative estimate of drug-likeness (QED) is 0.362. The van der Waals surface area contributed by atoms with Crippen LogP contribution >= 0.6 is 11.6 Å². The van der Waals surface area contributed by atoms with Gasteiger partial charge in [0.1, 0.15) is 10.3 Å². The maximum absolute atomic E-state index is 13.4. The van der Waals surface area contributed by atoms with Gasteiger partial charge in [-0.05, 0) is 43.3 Å². The van der Waals surface area contributed by atoms with E-state index in [1.165, 1.54) is 46.4 Å². The van der Waals surface area contributed by atoms with Gasteiger partial charge in [0.25, 0.3) is 11.2 Å². The normalized spacial score (nSPS) is 12.0. The number of aryl methyl sites for hydroxylation is 1. The molecule has 3 heterocycles. The number of fused-ring (bicyclic) bond motifs is 2. The fraction of sp³-hybridized carbons (Fsp3) is 0.190. The number of hydrogen-bond acceptors (Lipinski definition) is 6. The summed E-state index contributed by atoms with van der Waals surface area (Å²) in [5.74, 6) is -0.0238. The van der Waals surface area contributed by atoms with Crippen LogP contribution in [0.5, 0.6) is 0 Å². The second-order valence-corrected chi connectivity index (χ2v) is 9.39. The van der Waals surface area contributed by atoms with Crippen molar-refractivity contribution in [2.24, 2.45) is 0 Å². The second-order valence-electron chi connectivity index (χ2n) is 7.03. The van der Waals surface area contributed by atoms with Gasteiger partial charge in [-0.3, -0.25) is 9.20 Å². The van der Waals surface area contributed by atoms with Crippen LogP contribution in [0.25, 0.3) is 16.7 Å². The predicted molar refractivity (Wildman–Crippen MR) is 117 cm³/mol. The molecule has 31 heavy (non-hydrogen) atoms. The molecule has 8 nitrogen and oxygen atoms in total. The number of sulfone groups is 1. The maximum atomic E-state index is 13.4. The van der Waals surface area contributed by atoms with E-state index in [0.717, 1.165) is 5.56 Å². The third-order valence-electron chi connectivity index (χ3n) is 5.07. The predicted octanol–water partition coefficient (Wildman–Crippen LogP) is 2.16. The molecule has 0 aliphatic heterocycles. The first-order valence-corrected chi connectivity index (χ1v) is 11.3. The molecule has 4 aromatic rings. The molecule has 3 aromatic heterocycles. The van der Waals surface area contributed by atoms with Crippen LogP contribution in [0.15, 0.2) is 63.2 Å². The summed E-state index contributed by atoms with van der Waals surface area (Å²) in [5, 5.41) is 0.547. The Kier molecular flexibility index (Phi) is 5.42. The van der Waals surface area contributed by atoms with E-state index in [4.69, 9.17) is 22.1 Å². The number of ether oxygens (including phenoxy) is 1. The van der Waals surface area contributed by atoms with Crippen LogP contribution in [0, 0.1) is 6.92 Å². The number of halogens is 1. The highest BCUT2D eigenvalue weighted by molar-refractivity contribution is 7.91. The molecule has 160 valence electrons. The molecule has 1 aromatic carbocycles. The van der Waals surface area contributed by atoms with Gasteiger partial charge in [-0.15, -0.1) is 0 Å². The molecule has 10 heteroatoms. The topological polar surface area (TPSA) is 108 Å². The van der Waals surface area contributed by atoms with E-state index < -0.39 is 9.84 Å². The first-order valence-electron chi connectivity index (χ1n) is 9.39. The fourth-order valence-corrected chi connectivity index (χ4v) is 4.98. The largest absolute Gasteiger partial charge is 0.381 e. The molecule has 0 atom stereocenters. The van der Waals surface area contributed by atoms with Crippen molar-refractivity contribution in [3.05, 3.63) is 69.6 Å². The van der Waals surface area contributed by atoms with Gasteiger partial charge in [0, 0.05) is 23.9 Å². The van der Waals surface area contributed by atoms with Crippen LogP contribution in [-0.4, -0.2) is 31.5 Å². The number of methoxy groups -OCH3 is 1. The molecule has 4 rings (SSSR count). The van der Waals surface area contributed by atoms with E-state index in [1.54, 1.807) is 12.3 Å². The van der Waals surface area contributed by atoms with Crippen molar-refractivity contribution in [2.75, 3.05) is 19.5 Å². The van der Waals surface area contributed by atoms with Crippen LogP contribution in [0.3, 0.4) is 0 Å². The lowest BCUT2D eigenvalue weighted by atomic mass is 10.2. The number of nitrogens with two attached hydrogens (primary N) is 1. The maximum Gasteiger partial charge on any atom is 0.278 e. The molecule has 0 spiro atoms.